The molecule has 0 spiro atoms. The van der Waals surface area contributed by atoms with Crippen molar-refractivity contribution in [2.24, 2.45) is 0 Å². The Morgan fingerprint density at radius 1 is 0.977 bits per heavy atom. The van der Waals surface area contributed by atoms with Crippen LogP contribution in [0, 0.1) is 6.92 Å². The minimum absolute atomic E-state index is 0.000340. The molecule has 1 amide bonds. The number of carbonyl (C=O) groups is 1. The predicted octanol–water partition coefficient (Wildman–Crippen LogP) is 4.61. The van der Waals surface area contributed by atoms with E-state index in [1.54, 1.807) is 19.1 Å². The second-order valence-electron chi connectivity index (χ2n) is 10.1. The minimum atomic E-state index is -4.61. The number of rotatable bonds is 7. The van der Waals surface area contributed by atoms with E-state index in [1.807, 2.05) is 0 Å². The third kappa shape index (κ3) is 6.35. The molecular weight excluding hydrogens is 649 g/mol. The van der Waals surface area contributed by atoms with Crippen LogP contribution < -0.4 is 9.80 Å². The molecule has 17 heteroatoms. The third-order valence-electron chi connectivity index (χ3n) is 7.27. The molecule has 1 atom stereocenters. The normalized spacial score (nSPS) is 18.5. The van der Waals surface area contributed by atoms with E-state index in [4.69, 9.17) is 16.3 Å². The van der Waals surface area contributed by atoms with Crippen LogP contribution in [0.1, 0.15) is 22.8 Å². The van der Waals surface area contributed by atoms with E-state index < -0.39 is 44.1 Å². The van der Waals surface area contributed by atoms with Gasteiger partial charge in [-0.15, -0.1) is 0 Å². The summed E-state index contributed by atoms with van der Waals surface area (Å²) in [5, 5.41) is -0.322. The van der Waals surface area contributed by atoms with E-state index in [-0.39, 0.29) is 59.0 Å². The highest BCUT2D eigenvalue weighted by molar-refractivity contribution is 7.89. The molecule has 2 fully saturated rings. The molecule has 3 heterocycles. The number of aromatic nitrogens is 1. The number of amides is 1. The van der Waals surface area contributed by atoms with E-state index in [0.717, 1.165) is 24.8 Å². The van der Waals surface area contributed by atoms with Crippen molar-refractivity contribution in [2.75, 3.05) is 49.6 Å². The van der Waals surface area contributed by atoms with Crippen LogP contribution in [0.25, 0.3) is 0 Å². The Morgan fingerprint density at radius 2 is 1.64 bits per heavy atom. The Balaban J connectivity index is 1.29. The molecule has 1 unspecified atom stereocenters. The number of alkyl halides is 3. The summed E-state index contributed by atoms with van der Waals surface area (Å²) in [4.78, 5) is 19.3. The van der Waals surface area contributed by atoms with Crippen molar-refractivity contribution < 1.29 is 43.7 Å². The van der Waals surface area contributed by atoms with Gasteiger partial charge in [0.1, 0.15) is 22.0 Å². The summed E-state index contributed by atoms with van der Waals surface area (Å²) < 4.78 is 103. The van der Waals surface area contributed by atoms with Crippen molar-refractivity contribution in [1.82, 2.24) is 9.29 Å². The smallest absolute Gasteiger partial charge is 0.416 e. The third-order valence-corrected chi connectivity index (χ3v) is 10.7. The van der Waals surface area contributed by atoms with Gasteiger partial charge in [0, 0.05) is 37.4 Å². The van der Waals surface area contributed by atoms with E-state index in [2.05, 4.69) is 9.17 Å². The number of benzene rings is 2. The van der Waals surface area contributed by atoms with Crippen LogP contribution in [-0.2, 0) is 35.2 Å². The summed E-state index contributed by atoms with van der Waals surface area (Å²) in [6, 6.07) is 11.7. The van der Waals surface area contributed by atoms with Gasteiger partial charge in [-0.25, -0.2) is 18.2 Å². The number of hydrogen-bond donors (Lipinski definition) is 0. The van der Waals surface area contributed by atoms with Crippen LogP contribution in [-0.4, -0.2) is 72.1 Å². The molecule has 236 valence electrons. The molecule has 11 nitrogen and oxygen atoms in total. The number of aryl methyl sites for hydroxylation is 1. The van der Waals surface area contributed by atoms with Crippen molar-refractivity contribution in [1.29, 1.82) is 0 Å². The quantitative estimate of drug-likeness (QED) is 0.261. The summed E-state index contributed by atoms with van der Waals surface area (Å²) in [6.45, 7) is 1.88. The first-order chi connectivity index (χ1) is 20.6. The topological polar surface area (TPSA) is 126 Å². The lowest BCUT2D eigenvalue weighted by Crippen LogP contribution is -2.49. The number of sulfonamides is 1. The number of hydrogen-bond acceptors (Lipinski definition) is 9. The summed E-state index contributed by atoms with van der Waals surface area (Å²) in [6.07, 6.45) is -6.28. The van der Waals surface area contributed by atoms with Gasteiger partial charge in [0.05, 0.1) is 24.1 Å². The van der Waals surface area contributed by atoms with Crippen molar-refractivity contribution in [2.45, 2.75) is 29.0 Å². The Bertz CT molecular complexity index is 1800. The van der Waals surface area contributed by atoms with Gasteiger partial charge in [0.25, 0.3) is 10.1 Å². The monoisotopic (exact) mass is 674 g/mol. The molecule has 0 saturated carbocycles. The van der Waals surface area contributed by atoms with Gasteiger partial charge in [-0.2, -0.15) is 25.9 Å². The summed E-state index contributed by atoms with van der Waals surface area (Å²) in [5.74, 6) is -0.000340. The number of halogens is 4. The van der Waals surface area contributed by atoms with Crippen LogP contribution in [0.4, 0.5) is 29.5 Å². The van der Waals surface area contributed by atoms with Gasteiger partial charge in [0.15, 0.2) is 0 Å². The molecule has 44 heavy (non-hydrogen) atoms. The van der Waals surface area contributed by atoms with Crippen molar-refractivity contribution in [3.8, 4) is 0 Å². The minimum Gasteiger partial charge on any atom is -0.439 e. The zero-order valence-corrected chi connectivity index (χ0v) is 25.7. The maximum atomic E-state index is 13.3. The van der Waals surface area contributed by atoms with Gasteiger partial charge in [-0.3, -0.25) is 9.08 Å². The van der Waals surface area contributed by atoms with E-state index >= 15 is 0 Å². The van der Waals surface area contributed by atoms with E-state index in [1.165, 1.54) is 44.4 Å². The summed E-state index contributed by atoms with van der Waals surface area (Å²) in [5.41, 5.74) is 0.381. The van der Waals surface area contributed by atoms with Crippen LogP contribution in [0.2, 0.25) is 5.15 Å². The summed E-state index contributed by atoms with van der Waals surface area (Å²) >= 11 is 5.80. The lowest BCUT2D eigenvalue weighted by molar-refractivity contribution is -0.137. The van der Waals surface area contributed by atoms with Crippen molar-refractivity contribution in [3.05, 3.63) is 76.4 Å². The maximum Gasteiger partial charge on any atom is 0.416 e. The predicted molar refractivity (Wildman–Crippen MR) is 154 cm³/mol. The lowest BCUT2D eigenvalue weighted by atomic mass is 10.1. The standard InChI is InChI=1S/C27H26ClF3N4O7S2/c1-17-3-8-23(44(39,40)41-2)21(13-17)22-16-35(26(36)42-22)19-4-6-20(7-5-19)43(37,38)34-11-9-33(10-12-34)25-15-18(27(29,30)31)14-24(28)32-25/h3-8,13-15,22H,9-12,16H2,1-2H3. The van der Waals surface area contributed by atoms with Crippen LogP contribution in [0.5, 0.6) is 0 Å². The molecule has 0 N–H and O–H groups in total. The zero-order valence-electron chi connectivity index (χ0n) is 23.3. The summed E-state index contributed by atoms with van der Waals surface area (Å²) in [7, 11) is -7.03. The fourth-order valence-corrected chi connectivity index (χ4v) is 7.51. The molecule has 2 aliphatic heterocycles. The second-order valence-corrected chi connectivity index (χ2v) is 14.1. The van der Waals surface area contributed by atoms with Gasteiger partial charge < -0.3 is 9.64 Å². The van der Waals surface area contributed by atoms with E-state index in [0.29, 0.717) is 5.69 Å². The van der Waals surface area contributed by atoms with Crippen LogP contribution in [0.3, 0.4) is 0 Å². The molecule has 1 aromatic heterocycles. The Labute approximate surface area is 256 Å². The van der Waals surface area contributed by atoms with Crippen LogP contribution in [0.15, 0.2) is 64.4 Å². The van der Waals surface area contributed by atoms with Gasteiger partial charge in [-0.1, -0.05) is 29.3 Å². The molecule has 0 bridgehead atoms. The van der Waals surface area contributed by atoms with Gasteiger partial charge >= 0.3 is 12.3 Å². The van der Waals surface area contributed by atoms with Gasteiger partial charge in [0.2, 0.25) is 10.0 Å². The molecule has 3 aromatic rings. The average Bonchev–Trinajstić information content (AvgIpc) is 3.37. The number of ether oxygens (including phenoxy) is 1. The zero-order chi connectivity index (χ0) is 32.0. The number of pyridine rings is 1. The largest absolute Gasteiger partial charge is 0.439 e. The Hall–Kier alpha value is -3.44. The van der Waals surface area contributed by atoms with Crippen molar-refractivity contribution >= 4 is 49.3 Å². The number of anilines is 2. The molecule has 0 radical (unpaired) electrons. The van der Waals surface area contributed by atoms with Gasteiger partial charge in [-0.05, 0) is 49.4 Å². The first-order valence-electron chi connectivity index (χ1n) is 13.1. The highest BCUT2D eigenvalue weighted by Gasteiger charge is 2.37. The molecule has 2 aliphatic rings. The molecule has 5 rings (SSSR count). The number of cyclic esters (lactones) is 1. The molecular formula is C27H26ClF3N4O7S2. The Kier molecular flexibility index (Phi) is 8.58. The van der Waals surface area contributed by atoms with E-state index in [9.17, 15) is 34.8 Å². The van der Waals surface area contributed by atoms with Crippen LogP contribution >= 0.6 is 11.6 Å². The molecule has 2 aromatic carbocycles. The second kappa shape index (κ2) is 11.8. The first-order valence-corrected chi connectivity index (χ1v) is 16.3. The highest BCUT2D eigenvalue weighted by Crippen LogP contribution is 2.36. The fraction of sp³-hybridized carbons (Fsp3) is 0.333. The Morgan fingerprint density at radius 3 is 2.25 bits per heavy atom. The number of carbonyl (C=O) groups excluding carboxylic acids is 1. The van der Waals surface area contributed by atoms with Crippen molar-refractivity contribution in [3.63, 3.8) is 0 Å². The number of nitrogens with zero attached hydrogens (tertiary/aromatic N) is 4. The highest BCUT2D eigenvalue weighted by atomic mass is 35.5. The SMILES string of the molecule is COS(=O)(=O)c1ccc(C)cc1C1CN(c2ccc(S(=O)(=O)N3CCN(c4cc(C(F)(F)F)cc(Cl)n4)CC3)cc2)C(=O)O1. The first kappa shape index (κ1) is 32.0. The average molecular weight is 675 g/mol. The fourth-order valence-electron chi connectivity index (χ4n) is 4.99. The lowest BCUT2D eigenvalue weighted by Gasteiger charge is -2.35. The molecule has 0 aliphatic carbocycles. The maximum absolute atomic E-state index is 13.3. The molecule has 2 saturated heterocycles. The number of piperazine rings is 1.